The van der Waals surface area contributed by atoms with Gasteiger partial charge in [-0.3, -0.25) is 0 Å². The van der Waals surface area contributed by atoms with E-state index in [4.69, 9.17) is 19.8 Å². The highest BCUT2D eigenvalue weighted by Gasteiger charge is 2.52. The van der Waals surface area contributed by atoms with Gasteiger partial charge in [0.1, 0.15) is 17.0 Å². The first kappa shape index (κ1) is 23.7. The molecule has 0 radical (unpaired) electrons. The highest BCUT2D eigenvalue weighted by Crippen LogP contribution is 2.38. The van der Waals surface area contributed by atoms with Gasteiger partial charge in [-0.2, -0.15) is 0 Å². The van der Waals surface area contributed by atoms with Crippen LogP contribution >= 0.6 is 0 Å². The molecule has 2 heterocycles. The van der Waals surface area contributed by atoms with Gasteiger partial charge < -0.3 is 30.2 Å². The Morgan fingerprint density at radius 3 is 2.33 bits per heavy atom. The zero-order valence-electron chi connectivity index (χ0n) is 18.5. The number of carbonyl (C=O) groups excluding carboxylic acids is 1. The SMILES string of the molecule is CC(C)(C)OC(=O)NCC(=Cc1cnc(N)c(C(=O)O)c1)B1OC(C)(C)C(C)(C)O1. The van der Waals surface area contributed by atoms with Crippen molar-refractivity contribution in [2.45, 2.75) is 65.3 Å². The zero-order chi connectivity index (χ0) is 22.9. The molecule has 1 fully saturated rings. The second-order valence-electron chi connectivity index (χ2n) is 9.17. The Labute approximate surface area is 177 Å². The largest absolute Gasteiger partial charge is 0.492 e. The van der Waals surface area contributed by atoms with E-state index in [0.717, 1.165) is 0 Å². The lowest BCUT2D eigenvalue weighted by atomic mass is 9.77. The van der Waals surface area contributed by atoms with Gasteiger partial charge in [-0.05, 0) is 65.6 Å². The maximum atomic E-state index is 12.1. The van der Waals surface area contributed by atoms with Gasteiger partial charge in [-0.1, -0.05) is 6.08 Å². The van der Waals surface area contributed by atoms with Crippen LogP contribution in [0.4, 0.5) is 10.6 Å². The number of amides is 1. The van der Waals surface area contributed by atoms with Crippen molar-refractivity contribution in [2.24, 2.45) is 0 Å². The number of hydrogen-bond acceptors (Lipinski definition) is 7. The van der Waals surface area contributed by atoms with E-state index in [9.17, 15) is 14.7 Å². The van der Waals surface area contributed by atoms with Crippen LogP contribution in [-0.4, -0.2) is 52.6 Å². The first-order valence-electron chi connectivity index (χ1n) is 9.63. The number of aromatic nitrogens is 1. The molecule has 30 heavy (non-hydrogen) atoms. The van der Waals surface area contributed by atoms with Crippen LogP contribution in [0.2, 0.25) is 0 Å². The van der Waals surface area contributed by atoms with E-state index in [1.54, 1.807) is 26.8 Å². The Bertz CT molecular complexity index is 845. The van der Waals surface area contributed by atoms with E-state index in [1.165, 1.54) is 12.3 Å². The van der Waals surface area contributed by atoms with E-state index in [1.807, 2.05) is 27.7 Å². The number of aromatic carboxylic acids is 1. The van der Waals surface area contributed by atoms with E-state index in [2.05, 4.69) is 10.3 Å². The van der Waals surface area contributed by atoms with Gasteiger partial charge in [0.25, 0.3) is 0 Å². The predicted molar refractivity (Wildman–Crippen MR) is 114 cm³/mol. The second kappa shape index (κ2) is 8.27. The standard InChI is InChI=1S/C20H30BN3O6/c1-18(2,3)28-17(27)24-11-13(21-29-19(4,5)20(6,7)30-21)8-12-9-14(16(25)26)15(22)23-10-12/h8-10H,11H2,1-7H3,(H2,22,23)(H,24,27)(H,25,26). The van der Waals surface area contributed by atoms with Crippen molar-refractivity contribution in [3.05, 3.63) is 28.9 Å². The summed E-state index contributed by atoms with van der Waals surface area (Å²) in [5.41, 5.74) is 4.76. The molecule has 1 aliphatic rings. The quantitative estimate of drug-likeness (QED) is 0.621. The number of alkyl carbamates (subject to hydrolysis) is 1. The van der Waals surface area contributed by atoms with Crippen molar-refractivity contribution in [2.75, 3.05) is 12.3 Å². The third-order valence-corrected chi connectivity index (χ3v) is 4.91. The van der Waals surface area contributed by atoms with Gasteiger partial charge in [-0.25, -0.2) is 14.6 Å². The number of carboxylic acids is 1. The van der Waals surface area contributed by atoms with Crippen LogP contribution in [0.1, 0.15) is 64.4 Å². The number of carbonyl (C=O) groups is 2. The minimum Gasteiger partial charge on any atom is -0.478 e. The number of nitrogen functional groups attached to an aromatic ring is 1. The maximum Gasteiger partial charge on any atom is 0.492 e. The maximum absolute atomic E-state index is 12.1. The van der Waals surface area contributed by atoms with Crippen LogP contribution in [-0.2, 0) is 14.0 Å². The lowest BCUT2D eigenvalue weighted by Crippen LogP contribution is -2.41. The number of ether oxygens (including phenoxy) is 1. The summed E-state index contributed by atoms with van der Waals surface area (Å²) in [6.07, 6.45) is 2.52. The fourth-order valence-electron chi connectivity index (χ4n) is 2.64. The zero-order valence-corrected chi connectivity index (χ0v) is 18.5. The molecular formula is C20H30BN3O6. The monoisotopic (exact) mass is 419 g/mol. The number of nitrogens with one attached hydrogen (secondary N) is 1. The summed E-state index contributed by atoms with van der Waals surface area (Å²) in [6.45, 7) is 13.0. The number of anilines is 1. The highest BCUT2D eigenvalue weighted by molar-refractivity contribution is 6.56. The van der Waals surface area contributed by atoms with Gasteiger partial charge in [0.2, 0.25) is 0 Å². The molecule has 0 saturated carbocycles. The normalized spacial score (nSPS) is 18.2. The molecule has 164 valence electrons. The van der Waals surface area contributed by atoms with Gasteiger partial charge in [0, 0.05) is 12.7 Å². The van der Waals surface area contributed by atoms with Crippen LogP contribution in [0, 0.1) is 0 Å². The molecule has 1 saturated heterocycles. The fourth-order valence-corrected chi connectivity index (χ4v) is 2.64. The summed E-state index contributed by atoms with van der Waals surface area (Å²) < 4.78 is 17.5. The molecule has 1 aromatic rings. The van der Waals surface area contributed by atoms with Crippen LogP contribution in [0.15, 0.2) is 17.7 Å². The molecule has 4 N–H and O–H groups in total. The van der Waals surface area contributed by atoms with Crippen molar-refractivity contribution in [1.29, 1.82) is 0 Å². The Kier molecular flexibility index (Phi) is 6.53. The van der Waals surface area contributed by atoms with Gasteiger partial charge in [-0.15, -0.1) is 0 Å². The number of hydrogen-bond donors (Lipinski definition) is 3. The smallest absolute Gasteiger partial charge is 0.478 e. The Morgan fingerprint density at radius 1 is 1.27 bits per heavy atom. The Balaban J connectivity index is 2.34. The molecule has 1 aromatic heterocycles. The minimum absolute atomic E-state index is 0.0680. The van der Waals surface area contributed by atoms with Crippen molar-refractivity contribution in [3.63, 3.8) is 0 Å². The summed E-state index contributed by atoms with van der Waals surface area (Å²) in [5.74, 6) is -1.26. The number of carboxylic acid groups (broad SMARTS) is 1. The fraction of sp³-hybridized carbons (Fsp3) is 0.550. The van der Waals surface area contributed by atoms with Gasteiger partial charge >= 0.3 is 19.2 Å². The second-order valence-corrected chi connectivity index (χ2v) is 9.17. The lowest BCUT2D eigenvalue weighted by Gasteiger charge is -2.32. The molecule has 1 amide bonds. The summed E-state index contributed by atoms with van der Waals surface area (Å²) >= 11 is 0. The third kappa shape index (κ3) is 5.73. The molecule has 9 nitrogen and oxygen atoms in total. The molecule has 0 atom stereocenters. The number of rotatable bonds is 5. The molecule has 2 rings (SSSR count). The van der Waals surface area contributed by atoms with E-state index >= 15 is 0 Å². The average molecular weight is 419 g/mol. The van der Waals surface area contributed by atoms with Crippen LogP contribution < -0.4 is 11.1 Å². The summed E-state index contributed by atoms with van der Waals surface area (Å²) in [4.78, 5) is 27.4. The first-order chi connectivity index (χ1) is 13.6. The van der Waals surface area contributed by atoms with E-state index < -0.39 is 36.0 Å². The van der Waals surface area contributed by atoms with Crippen molar-refractivity contribution in [1.82, 2.24) is 10.3 Å². The average Bonchev–Trinajstić information content (AvgIpc) is 2.78. The summed E-state index contributed by atoms with van der Waals surface area (Å²) in [5, 5.41) is 12.0. The minimum atomic E-state index is -1.18. The van der Waals surface area contributed by atoms with Crippen molar-refractivity contribution in [3.8, 4) is 0 Å². The Hall–Kier alpha value is -2.59. The number of nitrogens with two attached hydrogens (primary N) is 1. The number of pyridine rings is 1. The topological polar surface area (TPSA) is 133 Å². The summed E-state index contributed by atoms with van der Waals surface area (Å²) in [6, 6.07) is 1.41. The van der Waals surface area contributed by atoms with E-state index in [-0.39, 0.29) is 17.9 Å². The molecule has 0 spiro atoms. The predicted octanol–water partition coefficient (Wildman–Crippen LogP) is 2.90. The number of nitrogens with zero attached hydrogens (tertiary/aromatic N) is 1. The molecule has 0 unspecified atom stereocenters. The van der Waals surface area contributed by atoms with Gasteiger partial charge in [0.15, 0.2) is 0 Å². The molecule has 1 aliphatic heterocycles. The van der Waals surface area contributed by atoms with Crippen molar-refractivity contribution >= 4 is 31.1 Å². The van der Waals surface area contributed by atoms with Crippen LogP contribution in [0.5, 0.6) is 0 Å². The van der Waals surface area contributed by atoms with Gasteiger partial charge in [0.05, 0.1) is 11.2 Å². The molecular weight excluding hydrogens is 389 g/mol. The first-order valence-corrected chi connectivity index (χ1v) is 9.63. The van der Waals surface area contributed by atoms with Crippen LogP contribution in [0.25, 0.3) is 6.08 Å². The Morgan fingerprint density at radius 2 is 1.83 bits per heavy atom. The van der Waals surface area contributed by atoms with Crippen molar-refractivity contribution < 1.29 is 28.7 Å². The van der Waals surface area contributed by atoms with Crippen LogP contribution in [0.3, 0.4) is 0 Å². The molecule has 10 heteroatoms. The lowest BCUT2D eigenvalue weighted by molar-refractivity contribution is 0.00578. The van der Waals surface area contributed by atoms with E-state index in [0.29, 0.717) is 11.0 Å². The molecule has 0 aromatic carbocycles. The highest BCUT2D eigenvalue weighted by atomic mass is 16.7. The third-order valence-electron chi connectivity index (χ3n) is 4.91. The molecule has 0 bridgehead atoms. The molecule has 0 aliphatic carbocycles. The summed E-state index contributed by atoms with van der Waals surface area (Å²) in [7, 11) is -0.754.